The van der Waals surface area contributed by atoms with E-state index in [1.165, 1.54) is 12.1 Å². The van der Waals surface area contributed by atoms with Crippen molar-refractivity contribution in [1.29, 1.82) is 0 Å². The summed E-state index contributed by atoms with van der Waals surface area (Å²) < 4.78 is 22.3. The number of para-hydroxylation sites is 2. The molecular formula is C22H15FN2O. The number of rotatable bonds is 2. The van der Waals surface area contributed by atoms with E-state index in [0.29, 0.717) is 16.9 Å². The average molecular weight is 342 g/mol. The van der Waals surface area contributed by atoms with E-state index in [1.807, 2.05) is 61.6 Å². The number of hydrogen-bond acceptors (Lipinski definition) is 2. The number of nitrogens with zero attached hydrogens (tertiary/aromatic N) is 2. The normalized spacial score (nSPS) is 11.5. The van der Waals surface area contributed by atoms with Crippen LogP contribution in [-0.4, -0.2) is 9.55 Å². The van der Waals surface area contributed by atoms with Gasteiger partial charge in [0, 0.05) is 17.8 Å². The molecule has 126 valence electrons. The van der Waals surface area contributed by atoms with Gasteiger partial charge in [0.15, 0.2) is 5.75 Å². The summed E-state index contributed by atoms with van der Waals surface area (Å²) in [7, 11) is 1.98. The molecule has 0 spiro atoms. The third-order valence-corrected chi connectivity index (χ3v) is 4.69. The Morgan fingerprint density at radius 3 is 2.50 bits per heavy atom. The summed E-state index contributed by atoms with van der Waals surface area (Å²) in [5, 5.41) is 1.75. The first kappa shape index (κ1) is 14.9. The fourth-order valence-electron chi connectivity index (χ4n) is 3.51. The van der Waals surface area contributed by atoms with E-state index >= 15 is 0 Å². The monoisotopic (exact) mass is 342 g/mol. The Hall–Kier alpha value is -3.40. The lowest BCUT2D eigenvalue weighted by molar-refractivity contribution is 0.487. The van der Waals surface area contributed by atoms with E-state index in [-0.39, 0.29) is 5.82 Å². The number of aromatic nitrogens is 2. The van der Waals surface area contributed by atoms with Gasteiger partial charge in [-0.2, -0.15) is 0 Å². The first-order chi connectivity index (χ1) is 12.7. The molecule has 0 bridgehead atoms. The minimum absolute atomic E-state index is 0.300. The molecule has 0 fully saturated rings. The molecule has 0 N–H and O–H groups in total. The third-order valence-electron chi connectivity index (χ3n) is 4.69. The fraction of sp³-hybridized carbons (Fsp3) is 0.0455. The van der Waals surface area contributed by atoms with Gasteiger partial charge in [-0.05, 0) is 36.4 Å². The maximum absolute atomic E-state index is 14.0. The lowest BCUT2D eigenvalue weighted by Gasteiger charge is -2.18. The van der Waals surface area contributed by atoms with Gasteiger partial charge >= 0.3 is 0 Å². The molecule has 4 heteroatoms. The standard InChI is InChI=1S/C22H15FN2O/c1-25-19-12-11-14(23)13-17(19)22(26-15-7-3-2-4-8-15)20-21(25)16-9-5-6-10-18(16)24-20/h2-13H,1H3. The molecule has 2 aliphatic heterocycles. The predicted octanol–water partition coefficient (Wildman–Crippen LogP) is 5.76. The summed E-state index contributed by atoms with van der Waals surface area (Å²) in [6, 6.07) is 22.3. The minimum Gasteiger partial charge on any atom is -0.454 e. The van der Waals surface area contributed by atoms with Crippen LogP contribution < -0.4 is 4.74 Å². The van der Waals surface area contributed by atoms with Crippen molar-refractivity contribution in [3.05, 3.63) is 78.6 Å². The predicted molar refractivity (Wildman–Crippen MR) is 101 cm³/mol. The van der Waals surface area contributed by atoms with Gasteiger partial charge in [-0.15, -0.1) is 0 Å². The van der Waals surface area contributed by atoms with Gasteiger partial charge in [-0.3, -0.25) is 0 Å². The highest BCUT2D eigenvalue weighted by Gasteiger charge is 2.24. The number of halogens is 1. The van der Waals surface area contributed by atoms with Crippen LogP contribution in [0.2, 0.25) is 0 Å². The molecule has 0 saturated heterocycles. The van der Waals surface area contributed by atoms with Crippen LogP contribution in [0.3, 0.4) is 0 Å². The molecule has 0 atom stereocenters. The second-order valence-electron chi connectivity index (χ2n) is 6.29. The first-order valence-corrected chi connectivity index (χ1v) is 8.41. The molecule has 3 aromatic rings. The SMILES string of the molecule is Cn1c2c3ccccc3nc-2c(Oc2ccccc2)c2cc(F)ccc21. The zero-order valence-electron chi connectivity index (χ0n) is 14.1. The summed E-state index contributed by atoms with van der Waals surface area (Å²) in [4.78, 5) is 4.78. The number of ether oxygens (including phenoxy) is 1. The summed E-state index contributed by atoms with van der Waals surface area (Å²) in [6.45, 7) is 0. The molecule has 0 amide bonds. The summed E-state index contributed by atoms with van der Waals surface area (Å²) >= 11 is 0. The first-order valence-electron chi connectivity index (χ1n) is 8.41. The highest BCUT2D eigenvalue weighted by atomic mass is 19.1. The molecule has 26 heavy (non-hydrogen) atoms. The molecule has 0 saturated carbocycles. The largest absolute Gasteiger partial charge is 0.454 e. The molecular weight excluding hydrogens is 327 g/mol. The summed E-state index contributed by atoms with van der Waals surface area (Å²) in [6.07, 6.45) is 0. The van der Waals surface area contributed by atoms with Gasteiger partial charge < -0.3 is 9.30 Å². The average Bonchev–Trinajstić information content (AvgIpc) is 3.05. The van der Waals surface area contributed by atoms with Gasteiger partial charge in [0.05, 0.1) is 16.7 Å². The number of pyridine rings is 1. The molecule has 2 heterocycles. The van der Waals surface area contributed by atoms with E-state index in [1.54, 1.807) is 6.07 Å². The molecule has 0 unspecified atom stereocenters. The topological polar surface area (TPSA) is 27.1 Å². The Morgan fingerprint density at radius 1 is 0.885 bits per heavy atom. The van der Waals surface area contributed by atoms with Crippen LogP contribution in [0, 0.1) is 5.82 Å². The molecule has 3 nitrogen and oxygen atoms in total. The quantitative estimate of drug-likeness (QED) is 0.408. The highest BCUT2D eigenvalue weighted by molar-refractivity contribution is 6.04. The van der Waals surface area contributed by atoms with Crippen molar-refractivity contribution in [1.82, 2.24) is 9.55 Å². The number of fused-ring (bicyclic) bond motifs is 4. The van der Waals surface area contributed by atoms with Gasteiger partial charge in [-0.1, -0.05) is 36.4 Å². The Morgan fingerprint density at radius 2 is 1.65 bits per heavy atom. The van der Waals surface area contributed by atoms with Crippen molar-refractivity contribution in [3.8, 4) is 22.9 Å². The van der Waals surface area contributed by atoms with Crippen molar-refractivity contribution in [2.75, 3.05) is 0 Å². The van der Waals surface area contributed by atoms with Crippen molar-refractivity contribution in [2.45, 2.75) is 0 Å². The van der Waals surface area contributed by atoms with Crippen LogP contribution in [-0.2, 0) is 7.05 Å². The van der Waals surface area contributed by atoms with E-state index in [0.717, 1.165) is 27.8 Å². The van der Waals surface area contributed by atoms with Crippen molar-refractivity contribution < 1.29 is 9.13 Å². The fourth-order valence-corrected chi connectivity index (χ4v) is 3.51. The maximum Gasteiger partial charge on any atom is 0.164 e. The molecule has 0 aliphatic carbocycles. The Kier molecular flexibility index (Phi) is 3.19. The summed E-state index contributed by atoms with van der Waals surface area (Å²) in [5.74, 6) is 0.973. The Balaban J connectivity index is 1.92. The van der Waals surface area contributed by atoms with E-state index in [9.17, 15) is 4.39 Å². The Labute approximate surface area is 149 Å². The lowest BCUT2D eigenvalue weighted by Crippen LogP contribution is -2.02. The van der Waals surface area contributed by atoms with Crippen LogP contribution in [0.1, 0.15) is 0 Å². The van der Waals surface area contributed by atoms with Gasteiger partial charge in [0.2, 0.25) is 0 Å². The second-order valence-corrected chi connectivity index (χ2v) is 6.29. The highest BCUT2D eigenvalue weighted by Crippen LogP contribution is 2.44. The van der Waals surface area contributed by atoms with Crippen LogP contribution >= 0.6 is 0 Å². The smallest absolute Gasteiger partial charge is 0.164 e. The van der Waals surface area contributed by atoms with Crippen LogP contribution in [0.15, 0.2) is 72.8 Å². The number of aryl methyl sites for hydroxylation is 1. The number of benzene rings is 3. The van der Waals surface area contributed by atoms with Crippen LogP contribution in [0.25, 0.3) is 33.2 Å². The van der Waals surface area contributed by atoms with Crippen molar-refractivity contribution in [2.24, 2.45) is 7.05 Å². The van der Waals surface area contributed by atoms with Gasteiger partial charge in [0.25, 0.3) is 0 Å². The Bertz CT molecular complexity index is 1230. The molecule has 3 aromatic carbocycles. The minimum atomic E-state index is -0.300. The van der Waals surface area contributed by atoms with Crippen LogP contribution in [0.4, 0.5) is 4.39 Å². The second kappa shape index (κ2) is 5.56. The van der Waals surface area contributed by atoms with Crippen molar-refractivity contribution in [3.63, 3.8) is 0 Å². The molecule has 5 rings (SSSR count). The lowest BCUT2D eigenvalue weighted by atomic mass is 10.1. The van der Waals surface area contributed by atoms with E-state index < -0.39 is 0 Å². The molecule has 0 radical (unpaired) electrons. The maximum atomic E-state index is 14.0. The van der Waals surface area contributed by atoms with E-state index in [2.05, 4.69) is 4.57 Å². The molecule has 0 aromatic heterocycles. The molecule has 2 aliphatic rings. The zero-order chi connectivity index (χ0) is 17.7. The number of hydrogen-bond donors (Lipinski definition) is 0. The third kappa shape index (κ3) is 2.15. The van der Waals surface area contributed by atoms with Gasteiger partial charge in [0.1, 0.15) is 17.3 Å². The van der Waals surface area contributed by atoms with Gasteiger partial charge in [-0.25, -0.2) is 9.37 Å². The van der Waals surface area contributed by atoms with Crippen LogP contribution in [0.5, 0.6) is 11.5 Å². The summed E-state index contributed by atoms with van der Waals surface area (Å²) in [5.41, 5.74) is 3.50. The van der Waals surface area contributed by atoms with E-state index in [4.69, 9.17) is 9.72 Å². The van der Waals surface area contributed by atoms with Crippen molar-refractivity contribution >= 4 is 21.8 Å². The zero-order valence-corrected chi connectivity index (χ0v) is 14.1.